The van der Waals surface area contributed by atoms with Crippen LogP contribution in [0.1, 0.15) is 65.3 Å². The SMILES string of the molecule is CCCOC(=O)c1ccc(CN2C(=O)C(=O)/C(=C(\O)c3ccc(OCCC)c(C)c3)C2c2cccnc2)cc1. The van der Waals surface area contributed by atoms with Crippen LogP contribution in [0.15, 0.2) is 72.6 Å². The van der Waals surface area contributed by atoms with Crippen molar-refractivity contribution < 1.29 is 29.0 Å². The summed E-state index contributed by atoms with van der Waals surface area (Å²) >= 11 is 0. The molecule has 0 aliphatic carbocycles. The van der Waals surface area contributed by atoms with Crippen LogP contribution in [0.3, 0.4) is 0 Å². The third-order valence-corrected chi connectivity index (χ3v) is 6.43. The number of hydrogen-bond acceptors (Lipinski definition) is 7. The van der Waals surface area contributed by atoms with Gasteiger partial charge in [-0.2, -0.15) is 0 Å². The molecule has 1 unspecified atom stereocenters. The smallest absolute Gasteiger partial charge is 0.338 e. The van der Waals surface area contributed by atoms with Crippen molar-refractivity contribution in [2.75, 3.05) is 13.2 Å². The molecule has 2 aromatic carbocycles. The highest BCUT2D eigenvalue weighted by molar-refractivity contribution is 6.46. The van der Waals surface area contributed by atoms with E-state index in [1.165, 1.54) is 4.90 Å². The lowest BCUT2D eigenvalue weighted by Crippen LogP contribution is -2.29. The van der Waals surface area contributed by atoms with Gasteiger partial charge in [-0.3, -0.25) is 14.6 Å². The van der Waals surface area contributed by atoms with Crippen molar-refractivity contribution in [3.05, 3.63) is 100 Å². The summed E-state index contributed by atoms with van der Waals surface area (Å²) < 4.78 is 10.9. The number of carbonyl (C=O) groups is 3. The summed E-state index contributed by atoms with van der Waals surface area (Å²) in [5.74, 6) is -1.48. The Morgan fingerprint density at radius 2 is 1.72 bits per heavy atom. The second-order valence-corrected chi connectivity index (χ2v) is 9.37. The molecule has 4 rings (SSSR count). The summed E-state index contributed by atoms with van der Waals surface area (Å²) in [6, 6.07) is 14.5. The first-order chi connectivity index (χ1) is 18.8. The number of pyridine rings is 1. The zero-order valence-electron chi connectivity index (χ0n) is 22.3. The first-order valence-corrected chi connectivity index (χ1v) is 13.0. The van der Waals surface area contributed by atoms with Gasteiger partial charge in [0.2, 0.25) is 0 Å². The average Bonchev–Trinajstić information content (AvgIpc) is 3.20. The van der Waals surface area contributed by atoms with Crippen molar-refractivity contribution in [3.8, 4) is 5.75 Å². The number of aliphatic hydroxyl groups excluding tert-OH is 1. The van der Waals surface area contributed by atoms with E-state index in [0.29, 0.717) is 41.2 Å². The van der Waals surface area contributed by atoms with Crippen molar-refractivity contribution >= 4 is 23.4 Å². The quantitative estimate of drug-likeness (QED) is 0.163. The standard InChI is InChI=1S/C31H32N2O6/c1-4-15-38-25-13-12-23(17-20(25)3)28(34)26-27(24-7-6-14-32-18-24)33(30(36)29(26)35)19-21-8-10-22(11-9-21)31(37)39-16-5-2/h6-14,17-18,27,34H,4-5,15-16,19H2,1-3H3/b28-26-. The van der Waals surface area contributed by atoms with Gasteiger partial charge in [0.25, 0.3) is 11.7 Å². The molecule has 8 heteroatoms. The highest BCUT2D eigenvalue weighted by Crippen LogP contribution is 2.40. The Morgan fingerprint density at radius 3 is 2.36 bits per heavy atom. The van der Waals surface area contributed by atoms with Crippen LogP contribution in [-0.2, 0) is 20.9 Å². The molecule has 0 saturated carbocycles. The number of rotatable bonds is 10. The van der Waals surface area contributed by atoms with E-state index in [0.717, 1.165) is 18.4 Å². The average molecular weight is 529 g/mol. The number of hydrogen-bond donors (Lipinski definition) is 1. The number of aryl methyl sites for hydroxylation is 1. The van der Waals surface area contributed by atoms with E-state index in [1.807, 2.05) is 20.8 Å². The Bertz CT molecular complexity index is 1380. The molecule has 1 aromatic heterocycles. The topological polar surface area (TPSA) is 106 Å². The number of aliphatic hydroxyl groups is 1. The van der Waals surface area contributed by atoms with E-state index in [2.05, 4.69) is 4.98 Å². The summed E-state index contributed by atoms with van der Waals surface area (Å²) in [5, 5.41) is 11.4. The number of ether oxygens (including phenoxy) is 2. The van der Waals surface area contributed by atoms with Gasteiger partial charge in [0, 0.05) is 24.5 Å². The van der Waals surface area contributed by atoms with E-state index < -0.39 is 23.7 Å². The first kappa shape index (κ1) is 27.6. The molecule has 1 atom stereocenters. The van der Waals surface area contributed by atoms with Crippen LogP contribution < -0.4 is 4.74 Å². The van der Waals surface area contributed by atoms with Crippen molar-refractivity contribution in [1.29, 1.82) is 0 Å². The van der Waals surface area contributed by atoms with Crippen molar-refractivity contribution in [3.63, 3.8) is 0 Å². The van der Waals surface area contributed by atoms with Gasteiger partial charge in [-0.25, -0.2) is 4.79 Å². The predicted molar refractivity (Wildman–Crippen MR) is 146 cm³/mol. The summed E-state index contributed by atoms with van der Waals surface area (Å²) in [4.78, 5) is 44.4. The lowest BCUT2D eigenvalue weighted by Gasteiger charge is -2.25. The summed E-state index contributed by atoms with van der Waals surface area (Å²) in [6.07, 6.45) is 4.77. The van der Waals surface area contributed by atoms with Crippen LogP contribution >= 0.6 is 0 Å². The van der Waals surface area contributed by atoms with Crippen LogP contribution in [-0.4, -0.2) is 45.9 Å². The second kappa shape index (κ2) is 12.4. The molecule has 1 amide bonds. The number of nitrogens with zero attached hydrogens (tertiary/aromatic N) is 2. The molecule has 0 bridgehead atoms. The Kier molecular flexibility index (Phi) is 8.76. The molecule has 1 N–H and O–H groups in total. The van der Waals surface area contributed by atoms with Crippen LogP contribution in [0.4, 0.5) is 0 Å². The first-order valence-electron chi connectivity index (χ1n) is 13.0. The number of benzene rings is 2. The fourth-order valence-electron chi connectivity index (χ4n) is 4.47. The minimum Gasteiger partial charge on any atom is -0.507 e. The maximum absolute atomic E-state index is 13.3. The maximum atomic E-state index is 13.3. The maximum Gasteiger partial charge on any atom is 0.338 e. The molecule has 1 saturated heterocycles. The third kappa shape index (κ3) is 6.00. The number of Topliss-reactive ketones (excluding diaryl/α,β-unsaturated/α-hetero) is 1. The van der Waals surface area contributed by atoms with Gasteiger partial charge in [0.1, 0.15) is 11.5 Å². The van der Waals surface area contributed by atoms with E-state index in [9.17, 15) is 19.5 Å². The van der Waals surface area contributed by atoms with Crippen LogP contribution in [0.2, 0.25) is 0 Å². The van der Waals surface area contributed by atoms with Crippen LogP contribution in [0.25, 0.3) is 5.76 Å². The number of aromatic nitrogens is 1. The lowest BCUT2D eigenvalue weighted by atomic mass is 9.95. The molecule has 1 fully saturated rings. The van der Waals surface area contributed by atoms with Gasteiger partial charge in [0.05, 0.1) is 30.4 Å². The fourth-order valence-corrected chi connectivity index (χ4v) is 4.47. The molecule has 0 spiro atoms. The molecule has 8 nitrogen and oxygen atoms in total. The summed E-state index contributed by atoms with van der Waals surface area (Å²) in [5.41, 5.74) is 2.92. The Labute approximate surface area is 227 Å². The monoisotopic (exact) mass is 528 g/mol. The van der Waals surface area contributed by atoms with Gasteiger partial charge in [0.15, 0.2) is 0 Å². The van der Waals surface area contributed by atoms with E-state index in [4.69, 9.17) is 9.47 Å². The molecule has 39 heavy (non-hydrogen) atoms. The van der Waals surface area contributed by atoms with Gasteiger partial charge in [-0.1, -0.05) is 32.0 Å². The van der Waals surface area contributed by atoms with Gasteiger partial charge in [-0.05, 0) is 72.9 Å². The Morgan fingerprint density at radius 1 is 1.00 bits per heavy atom. The lowest BCUT2D eigenvalue weighted by molar-refractivity contribution is -0.140. The molecule has 1 aliphatic heterocycles. The van der Waals surface area contributed by atoms with Gasteiger partial charge < -0.3 is 19.5 Å². The van der Waals surface area contributed by atoms with Crippen molar-refractivity contribution in [2.45, 2.75) is 46.2 Å². The number of amides is 1. The fraction of sp³-hybridized carbons (Fsp3) is 0.290. The zero-order valence-corrected chi connectivity index (χ0v) is 22.3. The van der Waals surface area contributed by atoms with Crippen molar-refractivity contribution in [1.82, 2.24) is 9.88 Å². The largest absolute Gasteiger partial charge is 0.507 e. The minimum absolute atomic E-state index is 0.00519. The highest BCUT2D eigenvalue weighted by Gasteiger charge is 2.46. The molecular weight excluding hydrogens is 496 g/mol. The van der Waals surface area contributed by atoms with E-state index in [1.54, 1.807) is 67.0 Å². The van der Waals surface area contributed by atoms with E-state index in [-0.39, 0.29) is 17.9 Å². The predicted octanol–water partition coefficient (Wildman–Crippen LogP) is 5.37. The summed E-state index contributed by atoms with van der Waals surface area (Å²) in [6.45, 7) is 6.79. The zero-order chi connectivity index (χ0) is 27.9. The number of carbonyl (C=O) groups excluding carboxylic acids is 3. The van der Waals surface area contributed by atoms with Crippen molar-refractivity contribution in [2.24, 2.45) is 0 Å². The van der Waals surface area contributed by atoms with Crippen LogP contribution in [0, 0.1) is 6.92 Å². The van der Waals surface area contributed by atoms with Crippen LogP contribution in [0.5, 0.6) is 5.75 Å². The molecular formula is C31H32N2O6. The third-order valence-electron chi connectivity index (χ3n) is 6.43. The molecule has 3 aromatic rings. The Balaban J connectivity index is 1.70. The second-order valence-electron chi connectivity index (χ2n) is 9.37. The Hall–Kier alpha value is -4.46. The number of esters is 1. The molecule has 202 valence electrons. The highest BCUT2D eigenvalue weighted by atomic mass is 16.5. The van der Waals surface area contributed by atoms with E-state index >= 15 is 0 Å². The van der Waals surface area contributed by atoms with Gasteiger partial charge in [-0.15, -0.1) is 0 Å². The number of ketones is 1. The molecule has 0 radical (unpaired) electrons. The minimum atomic E-state index is -0.843. The molecule has 1 aliphatic rings. The summed E-state index contributed by atoms with van der Waals surface area (Å²) in [7, 11) is 0. The molecule has 2 heterocycles. The van der Waals surface area contributed by atoms with Gasteiger partial charge >= 0.3 is 5.97 Å². The number of likely N-dealkylation sites (tertiary alicyclic amines) is 1. The normalized spacial score (nSPS) is 16.4.